The van der Waals surface area contributed by atoms with Crippen LogP contribution in [0.5, 0.6) is 0 Å². The molecule has 0 saturated heterocycles. The van der Waals surface area contributed by atoms with E-state index in [9.17, 15) is 32.3 Å². The predicted octanol–water partition coefficient (Wildman–Crippen LogP) is 5.36. The number of halogens is 3. The van der Waals surface area contributed by atoms with Crippen LogP contribution in [0.2, 0.25) is 0 Å². The highest BCUT2D eigenvalue weighted by atomic mass is 19.4. The molecule has 1 unspecified atom stereocenters. The highest BCUT2D eigenvalue weighted by molar-refractivity contribution is 6.04. The first kappa shape index (κ1) is 39.1. The molecule has 0 fully saturated rings. The molecular weight excluding hydrogens is 615 g/mol. The molecule has 0 aliphatic carbocycles. The molecule has 2 aromatic rings. The molecule has 0 bridgehead atoms. The van der Waals surface area contributed by atoms with Gasteiger partial charge in [-0.1, -0.05) is 23.8 Å². The summed E-state index contributed by atoms with van der Waals surface area (Å²) in [5.41, 5.74) is 0.245. The van der Waals surface area contributed by atoms with Gasteiger partial charge in [0.05, 0.1) is 23.4 Å². The van der Waals surface area contributed by atoms with E-state index in [2.05, 4.69) is 51.3 Å². The number of carbonyl (C=O) groups is 4. The molecule has 4 N–H and O–H groups in total. The van der Waals surface area contributed by atoms with Gasteiger partial charge in [0.25, 0.3) is 5.91 Å². The molecule has 260 valence electrons. The number of rotatable bonds is 12. The summed E-state index contributed by atoms with van der Waals surface area (Å²) in [6.45, 7) is 14.9. The Labute approximate surface area is 275 Å². The molecule has 0 aliphatic rings. The van der Waals surface area contributed by atoms with Crippen molar-refractivity contribution >= 4 is 29.5 Å². The van der Waals surface area contributed by atoms with Crippen LogP contribution in [0.4, 0.5) is 23.7 Å². The molecular formula is C34H48F3N5O5. The minimum atomic E-state index is -4.77. The summed E-state index contributed by atoms with van der Waals surface area (Å²) < 4.78 is 45.5. The first-order chi connectivity index (χ1) is 21.5. The number of likely N-dealkylation sites (N-methyl/N-ethyl adjacent to an activating group) is 1. The Kier molecular flexibility index (Phi) is 13.4. The van der Waals surface area contributed by atoms with E-state index in [1.54, 1.807) is 41.5 Å². The average molecular weight is 664 g/mol. The van der Waals surface area contributed by atoms with Crippen molar-refractivity contribution in [2.45, 2.75) is 91.6 Å². The van der Waals surface area contributed by atoms with Crippen molar-refractivity contribution in [2.24, 2.45) is 0 Å². The lowest BCUT2D eigenvalue weighted by Crippen LogP contribution is -2.54. The Morgan fingerprint density at radius 2 is 1.57 bits per heavy atom. The van der Waals surface area contributed by atoms with Gasteiger partial charge < -0.3 is 25.6 Å². The Morgan fingerprint density at radius 1 is 0.915 bits per heavy atom. The first-order valence-corrected chi connectivity index (χ1v) is 15.4. The van der Waals surface area contributed by atoms with Crippen molar-refractivity contribution in [3.8, 4) is 0 Å². The Bertz CT molecular complexity index is 1430. The van der Waals surface area contributed by atoms with Gasteiger partial charge in [-0.15, -0.1) is 0 Å². The van der Waals surface area contributed by atoms with Crippen molar-refractivity contribution in [1.82, 2.24) is 20.9 Å². The standard InChI is InChI=1S/C34H48F3N5O5/c1-21-10-11-23(22(2)18-21)14-16-42(9)17-15-27(30(45)41-32(3,4)5)39-28(43)20-38-29(44)25-19-24(34(35,36)37)12-13-26(25)40-31(46)47-33(6,7)8/h10-13,18-19,27H,14-17,20H2,1-9H3,(H,38,44)(H,39,43)(H,40,46)(H,41,45). The number of aryl methyl sites for hydroxylation is 2. The van der Waals surface area contributed by atoms with E-state index in [-0.39, 0.29) is 12.1 Å². The van der Waals surface area contributed by atoms with E-state index in [1.807, 2.05) is 14.0 Å². The van der Waals surface area contributed by atoms with Crippen LogP contribution >= 0.6 is 0 Å². The number of carbonyl (C=O) groups excluding carboxylic acids is 4. The van der Waals surface area contributed by atoms with Crippen LogP contribution in [0.1, 0.15) is 80.6 Å². The lowest BCUT2D eigenvalue weighted by molar-refractivity contribution is -0.137. The molecule has 0 spiro atoms. The fraction of sp³-hybridized carbons (Fsp3) is 0.529. The lowest BCUT2D eigenvalue weighted by atomic mass is 10.0. The summed E-state index contributed by atoms with van der Waals surface area (Å²) in [4.78, 5) is 53.4. The molecule has 0 heterocycles. The Hall–Kier alpha value is -4.13. The van der Waals surface area contributed by atoms with Crippen molar-refractivity contribution in [2.75, 3.05) is 32.0 Å². The molecule has 47 heavy (non-hydrogen) atoms. The highest BCUT2D eigenvalue weighted by Gasteiger charge is 2.32. The maximum Gasteiger partial charge on any atom is 0.416 e. The van der Waals surface area contributed by atoms with Gasteiger partial charge in [-0.3, -0.25) is 19.7 Å². The monoisotopic (exact) mass is 663 g/mol. The number of benzene rings is 2. The van der Waals surface area contributed by atoms with Gasteiger partial charge in [0.15, 0.2) is 0 Å². The van der Waals surface area contributed by atoms with Crippen LogP contribution in [-0.2, 0) is 26.9 Å². The smallest absolute Gasteiger partial charge is 0.416 e. The number of hydrogen-bond donors (Lipinski definition) is 4. The lowest BCUT2D eigenvalue weighted by Gasteiger charge is -2.27. The normalized spacial score (nSPS) is 12.7. The van der Waals surface area contributed by atoms with E-state index in [1.165, 1.54) is 16.7 Å². The van der Waals surface area contributed by atoms with E-state index >= 15 is 0 Å². The highest BCUT2D eigenvalue weighted by Crippen LogP contribution is 2.32. The molecule has 10 nitrogen and oxygen atoms in total. The summed E-state index contributed by atoms with van der Waals surface area (Å²) >= 11 is 0. The third-order valence-corrected chi connectivity index (χ3v) is 6.85. The average Bonchev–Trinajstić information content (AvgIpc) is 2.91. The summed E-state index contributed by atoms with van der Waals surface area (Å²) in [7, 11) is 1.92. The van der Waals surface area contributed by atoms with Gasteiger partial charge in [-0.2, -0.15) is 13.2 Å². The zero-order chi connectivity index (χ0) is 35.7. The Morgan fingerprint density at radius 3 is 2.15 bits per heavy atom. The van der Waals surface area contributed by atoms with Gasteiger partial charge in [-0.05, 0) is 105 Å². The number of anilines is 1. The number of nitrogens with zero attached hydrogens (tertiary/aromatic N) is 1. The van der Waals surface area contributed by atoms with Crippen molar-refractivity contribution in [3.05, 3.63) is 64.2 Å². The minimum absolute atomic E-state index is 0.239. The quantitative estimate of drug-likeness (QED) is 0.242. The van der Waals surface area contributed by atoms with Gasteiger partial charge in [-0.25, -0.2) is 4.79 Å². The van der Waals surface area contributed by atoms with Crippen molar-refractivity contribution in [3.63, 3.8) is 0 Å². The summed E-state index contributed by atoms with van der Waals surface area (Å²) in [6, 6.07) is 7.58. The Balaban J connectivity index is 2.12. The number of nitrogens with one attached hydrogen (secondary N) is 4. The minimum Gasteiger partial charge on any atom is -0.444 e. The molecule has 0 aliphatic heterocycles. The van der Waals surface area contributed by atoms with Crippen LogP contribution in [0.15, 0.2) is 36.4 Å². The van der Waals surface area contributed by atoms with Gasteiger partial charge in [0.1, 0.15) is 11.6 Å². The number of alkyl halides is 3. The fourth-order valence-electron chi connectivity index (χ4n) is 4.56. The number of ether oxygens (including phenoxy) is 1. The third kappa shape index (κ3) is 14.0. The summed E-state index contributed by atoms with van der Waals surface area (Å²) in [6.07, 6.45) is -4.67. The maximum absolute atomic E-state index is 13.4. The van der Waals surface area contributed by atoms with Crippen LogP contribution in [-0.4, -0.2) is 72.6 Å². The fourth-order valence-corrected chi connectivity index (χ4v) is 4.56. The zero-order valence-corrected chi connectivity index (χ0v) is 28.7. The van der Waals surface area contributed by atoms with E-state index in [4.69, 9.17) is 4.74 Å². The van der Waals surface area contributed by atoms with Gasteiger partial charge in [0, 0.05) is 18.6 Å². The van der Waals surface area contributed by atoms with Crippen LogP contribution in [0, 0.1) is 13.8 Å². The zero-order valence-electron chi connectivity index (χ0n) is 28.7. The topological polar surface area (TPSA) is 129 Å². The van der Waals surface area contributed by atoms with Crippen molar-refractivity contribution in [1.29, 1.82) is 0 Å². The molecule has 2 rings (SSSR count). The molecule has 2 aromatic carbocycles. The van der Waals surface area contributed by atoms with E-state index < -0.39 is 64.8 Å². The molecule has 4 amide bonds. The SMILES string of the molecule is Cc1ccc(CCN(C)CCC(NC(=O)CNC(=O)c2cc(C(F)(F)F)ccc2NC(=O)OC(C)(C)C)C(=O)NC(C)(C)C)c(C)c1. The maximum atomic E-state index is 13.4. The molecule has 0 radical (unpaired) electrons. The molecule has 0 aromatic heterocycles. The summed E-state index contributed by atoms with van der Waals surface area (Å²) in [5, 5.41) is 10.1. The largest absolute Gasteiger partial charge is 0.444 e. The second kappa shape index (κ2) is 16.1. The van der Waals surface area contributed by atoms with E-state index in [0.717, 1.165) is 19.0 Å². The second-order valence-electron chi connectivity index (χ2n) is 13.7. The van der Waals surface area contributed by atoms with Crippen molar-refractivity contribution < 1.29 is 37.1 Å². The second-order valence-corrected chi connectivity index (χ2v) is 13.7. The van der Waals surface area contributed by atoms with Gasteiger partial charge in [0.2, 0.25) is 11.8 Å². The number of hydrogen-bond acceptors (Lipinski definition) is 6. The molecule has 1 atom stereocenters. The molecule has 0 saturated carbocycles. The third-order valence-electron chi connectivity index (χ3n) is 6.85. The van der Waals surface area contributed by atoms with Crippen LogP contribution in [0.25, 0.3) is 0 Å². The van der Waals surface area contributed by atoms with E-state index in [0.29, 0.717) is 18.7 Å². The number of amides is 4. The summed E-state index contributed by atoms with van der Waals surface area (Å²) in [5.74, 6) is -2.18. The van der Waals surface area contributed by atoms with Crippen LogP contribution in [0.3, 0.4) is 0 Å². The first-order valence-electron chi connectivity index (χ1n) is 15.4. The van der Waals surface area contributed by atoms with Crippen LogP contribution < -0.4 is 21.3 Å². The molecule has 13 heteroatoms. The van der Waals surface area contributed by atoms with Gasteiger partial charge >= 0.3 is 12.3 Å². The predicted molar refractivity (Wildman–Crippen MR) is 175 cm³/mol.